The molecule has 19 heavy (non-hydrogen) atoms. The van der Waals surface area contributed by atoms with Crippen LogP contribution in [0.5, 0.6) is 0 Å². The first-order valence-corrected chi connectivity index (χ1v) is 7.23. The molecule has 1 unspecified atom stereocenters. The van der Waals surface area contributed by atoms with Crippen molar-refractivity contribution >= 4 is 11.3 Å². The fourth-order valence-electron chi connectivity index (χ4n) is 3.11. The number of anilines is 1. The molecule has 4 nitrogen and oxygen atoms in total. The lowest BCUT2D eigenvalue weighted by Gasteiger charge is -2.34. The fraction of sp³-hybridized carbons (Fsp3) is 0.533. The normalized spacial score (nSPS) is 21.0. The predicted molar refractivity (Wildman–Crippen MR) is 78.2 cm³/mol. The number of imidazole rings is 1. The van der Waals surface area contributed by atoms with Gasteiger partial charge in [-0.25, -0.2) is 4.98 Å². The van der Waals surface area contributed by atoms with Gasteiger partial charge in [-0.05, 0) is 38.1 Å². The highest BCUT2D eigenvalue weighted by Gasteiger charge is 2.21. The van der Waals surface area contributed by atoms with Crippen LogP contribution in [0.1, 0.15) is 31.9 Å². The van der Waals surface area contributed by atoms with Gasteiger partial charge in [0.05, 0.1) is 5.69 Å². The van der Waals surface area contributed by atoms with E-state index >= 15 is 0 Å². The molecule has 1 atom stereocenters. The zero-order chi connectivity index (χ0) is 13.2. The van der Waals surface area contributed by atoms with Crippen molar-refractivity contribution in [3.8, 4) is 0 Å². The number of fused-ring (bicyclic) bond motifs is 1. The second-order valence-corrected chi connectivity index (χ2v) is 5.44. The summed E-state index contributed by atoms with van der Waals surface area (Å²) in [6.45, 7) is 4.63. The highest BCUT2D eigenvalue weighted by atomic mass is 15.2. The number of nitrogens with two attached hydrogens (primary N) is 1. The molecule has 2 aromatic rings. The Kier molecular flexibility index (Phi) is 3.42. The minimum absolute atomic E-state index is 0.654. The zero-order valence-corrected chi connectivity index (χ0v) is 11.5. The monoisotopic (exact) mass is 258 g/mol. The van der Waals surface area contributed by atoms with Gasteiger partial charge in [-0.2, -0.15) is 0 Å². The van der Waals surface area contributed by atoms with Crippen molar-refractivity contribution < 1.29 is 0 Å². The van der Waals surface area contributed by atoms with Crippen molar-refractivity contribution in [3.05, 3.63) is 30.2 Å². The van der Waals surface area contributed by atoms with E-state index in [9.17, 15) is 0 Å². The molecule has 0 aliphatic carbocycles. The molecule has 2 N–H and O–H groups in total. The third-order valence-electron chi connectivity index (χ3n) is 4.12. The van der Waals surface area contributed by atoms with Gasteiger partial charge in [-0.1, -0.05) is 13.3 Å². The standard InChI is InChI=1S/C15H22N4/c1-2-18-8-4-3-5-14(18)9-13-11-19-10-12(16)6-7-15(19)17-13/h6-7,10-11,14H,2-5,8-9,16H2,1H3. The molecule has 1 aliphatic rings. The van der Waals surface area contributed by atoms with Crippen molar-refractivity contribution in [2.45, 2.75) is 38.6 Å². The maximum atomic E-state index is 5.80. The van der Waals surface area contributed by atoms with Crippen molar-refractivity contribution in [2.75, 3.05) is 18.8 Å². The summed E-state index contributed by atoms with van der Waals surface area (Å²) in [7, 11) is 0. The van der Waals surface area contributed by atoms with Crippen molar-refractivity contribution in [1.82, 2.24) is 14.3 Å². The molecule has 102 valence electrons. The Balaban J connectivity index is 1.80. The van der Waals surface area contributed by atoms with Gasteiger partial charge in [0, 0.05) is 30.5 Å². The first kappa shape index (κ1) is 12.5. The van der Waals surface area contributed by atoms with E-state index in [-0.39, 0.29) is 0 Å². The summed E-state index contributed by atoms with van der Waals surface area (Å²) in [5.74, 6) is 0. The van der Waals surface area contributed by atoms with Crippen molar-refractivity contribution in [2.24, 2.45) is 0 Å². The highest BCUT2D eigenvalue weighted by Crippen LogP contribution is 2.20. The van der Waals surface area contributed by atoms with Gasteiger partial charge in [0.2, 0.25) is 0 Å². The van der Waals surface area contributed by atoms with Crippen LogP contribution in [0.15, 0.2) is 24.5 Å². The lowest BCUT2D eigenvalue weighted by Crippen LogP contribution is -2.40. The fourth-order valence-corrected chi connectivity index (χ4v) is 3.11. The largest absolute Gasteiger partial charge is 0.398 e. The van der Waals surface area contributed by atoms with Crippen LogP contribution in [-0.2, 0) is 6.42 Å². The molecule has 0 spiro atoms. The number of rotatable bonds is 3. The van der Waals surface area contributed by atoms with Gasteiger partial charge in [0.25, 0.3) is 0 Å². The van der Waals surface area contributed by atoms with E-state index in [1.54, 1.807) is 0 Å². The Morgan fingerprint density at radius 2 is 2.21 bits per heavy atom. The molecule has 1 aliphatic heterocycles. The summed E-state index contributed by atoms with van der Waals surface area (Å²) < 4.78 is 2.03. The molecule has 0 bridgehead atoms. The number of likely N-dealkylation sites (N-methyl/N-ethyl adjacent to an activating group) is 1. The number of likely N-dealkylation sites (tertiary alicyclic amines) is 1. The summed E-state index contributed by atoms with van der Waals surface area (Å²) in [6.07, 6.45) is 9.09. The van der Waals surface area contributed by atoms with E-state index in [0.29, 0.717) is 6.04 Å². The lowest BCUT2D eigenvalue weighted by atomic mass is 9.98. The molecule has 4 heteroatoms. The molecular formula is C15H22N4. The summed E-state index contributed by atoms with van der Waals surface area (Å²) >= 11 is 0. The van der Waals surface area contributed by atoms with Crippen LogP contribution >= 0.6 is 0 Å². The van der Waals surface area contributed by atoms with Gasteiger partial charge in [0.1, 0.15) is 5.65 Å². The van der Waals surface area contributed by atoms with Crippen LogP contribution in [-0.4, -0.2) is 33.4 Å². The number of hydrogen-bond acceptors (Lipinski definition) is 3. The second kappa shape index (κ2) is 5.21. The molecule has 2 aromatic heterocycles. The maximum absolute atomic E-state index is 5.80. The summed E-state index contributed by atoms with van der Waals surface area (Å²) in [4.78, 5) is 7.28. The first-order chi connectivity index (χ1) is 9.26. The van der Waals surface area contributed by atoms with E-state index in [2.05, 4.69) is 18.0 Å². The molecule has 3 rings (SSSR count). The average molecular weight is 258 g/mol. The van der Waals surface area contributed by atoms with E-state index in [1.807, 2.05) is 22.7 Å². The highest BCUT2D eigenvalue weighted by molar-refractivity contribution is 5.48. The topological polar surface area (TPSA) is 46.6 Å². The third kappa shape index (κ3) is 2.59. The van der Waals surface area contributed by atoms with Crippen LogP contribution in [0.4, 0.5) is 5.69 Å². The van der Waals surface area contributed by atoms with Crippen LogP contribution in [0.2, 0.25) is 0 Å². The number of nitrogens with zero attached hydrogens (tertiary/aromatic N) is 3. The van der Waals surface area contributed by atoms with Crippen LogP contribution in [0, 0.1) is 0 Å². The first-order valence-electron chi connectivity index (χ1n) is 7.23. The zero-order valence-electron chi connectivity index (χ0n) is 11.5. The van der Waals surface area contributed by atoms with Gasteiger partial charge in [0.15, 0.2) is 0 Å². The van der Waals surface area contributed by atoms with Gasteiger partial charge >= 0.3 is 0 Å². The molecule has 0 saturated carbocycles. The van der Waals surface area contributed by atoms with Crippen molar-refractivity contribution in [1.29, 1.82) is 0 Å². The predicted octanol–water partition coefficient (Wildman–Crippen LogP) is 2.33. The van der Waals surface area contributed by atoms with Crippen LogP contribution in [0.25, 0.3) is 5.65 Å². The molecule has 0 aromatic carbocycles. The van der Waals surface area contributed by atoms with Crippen LogP contribution < -0.4 is 5.73 Å². The number of aromatic nitrogens is 2. The smallest absolute Gasteiger partial charge is 0.137 e. The number of pyridine rings is 1. The van der Waals surface area contributed by atoms with Crippen molar-refractivity contribution in [3.63, 3.8) is 0 Å². The quantitative estimate of drug-likeness (QED) is 0.919. The number of piperidine rings is 1. The number of nitrogen functional groups attached to an aromatic ring is 1. The Labute approximate surface area is 114 Å². The molecule has 0 radical (unpaired) electrons. The Morgan fingerprint density at radius 3 is 3.05 bits per heavy atom. The van der Waals surface area contributed by atoms with E-state index < -0.39 is 0 Å². The third-order valence-corrected chi connectivity index (χ3v) is 4.12. The molecule has 0 amide bonds. The maximum Gasteiger partial charge on any atom is 0.137 e. The minimum Gasteiger partial charge on any atom is -0.398 e. The Bertz CT molecular complexity index is 560. The van der Waals surface area contributed by atoms with E-state index in [1.165, 1.54) is 31.5 Å². The van der Waals surface area contributed by atoms with Gasteiger partial charge in [-0.3, -0.25) is 0 Å². The minimum atomic E-state index is 0.654. The molecular weight excluding hydrogens is 236 g/mol. The molecule has 3 heterocycles. The van der Waals surface area contributed by atoms with Gasteiger partial charge in [-0.15, -0.1) is 0 Å². The van der Waals surface area contributed by atoms with E-state index in [0.717, 1.165) is 24.3 Å². The second-order valence-electron chi connectivity index (χ2n) is 5.44. The summed E-state index contributed by atoms with van der Waals surface area (Å²) in [5.41, 5.74) is 8.75. The number of hydrogen-bond donors (Lipinski definition) is 1. The molecule has 1 saturated heterocycles. The van der Waals surface area contributed by atoms with E-state index in [4.69, 9.17) is 10.7 Å². The average Bonchev–Trinajstić information content (AvgIpc) is 2.80. The summed E-state index contributed by atoms with van der Waals surface area (Å²) in [6, 6.07) is 4.54. The summed E-state index contributed by atoms with van der Waals surface area (Å²) in [5, 5.41) is 0. The van der Waals surface area contributed by atoms with Crippen LogP contribution in [0.3, 0.4) is 0 Å². The Hall–Kier alpha value is -1.55. The molecule has 1 fully saturated rings. The SMILES string of the molecule is CCN1CCCCC1Cc1cn2cc(N)ccc2n1. The Morgan fingerprint density at radius 1 is 1.32 bits per heavy atom. The van der Waals surface area contributed by atoms with Gasteiger partial charge < -0.3 is 15.0 Å². The lowest BCUT2D eigenvalue weighted by molar-refractivity contribution is 0.155.